The second-order valence-corrected chi connectivity index (χ2v) is 5.79. The van der Waals surface area contributed by atoms with Crippen molar-refractivity contribution < 1.29 is 4.79 Å². The maximum Gasteiger partial charge on any atom is 0.233 e. The van der Waals surface area contributed by atoms with Crippen LogP contribution in [0.2, 0.25) is 0 Å². The Bertz CT molecular complexity index is 367. The molecule has 0 spiro atoms. The Balaban J connectivity index is 2.61. The summed E-state index contributed by atoms with van der Waals surface area (Å²) in [6, 6.07) is 9.83. The number of carbonyl (C=O) groups is 1. The van der Waals surface area contributed by atoms with Gasteiger partial charge in [-0.2, -0.15) is 25.3 Å². The van der Waals surface area contributed by atoms with Crippen LogP contribution < -0.4 is 5.32 Å². The van der Waals surface area contributed by atoms with Gasteiger partial charge in [0.15, 0.2) is 0 Å². The minimum atomic E-state index is -0.254. The van der Waals surface area contributed by atoms with Gasteiger partial charge in [0.2, 0.25) is 5.91 Å². The molecule has 1 amide bonds. The van der Waals surface area contributed by atoms with Crippen molar-refractivity contribution in [2.75, 3.05) is 5.75 Å². The molecule has 0 saturated heterocycles. The molecular weight excluding hydrogens is 262 g/mol. The van der Waals surface area contributed by atoms with Gasteiger partial charge in [-0.15, -0.1) is 0 Å². The number of carbonyl (C=O) groups excluding carboxylic acids is 1. The number of hydrogen-bond acceptors (Lipinski definition) is 3. The fraction of sp³-hybridized carbons (Fsp3) is 0.500. The molecule has 1 aromatic rings. The fourth-order valence-corrected chi connectivity index (χ4v) is 2.54. The van der Waals surface area contributed by atoms with Crippen molar-refractivity contribution in [2.24, 2.45) is 5.92 Å². The first-order valence-electron chi connectivity index (χ1n) is 6.18. The van der Waals surface area contributed by atoms with E-state index in [1.54, 1.807) is 0 Å². The zero-order chi connectivity index (χ0) is 13.5. The molecule has 0 saturated carbocycles. The number of thiol groups is 2. The van der Waals surface area contributed by atoms with Crippen molar-refractivity contribution in [2.45, 2.75) is 31.6 Å². The van der Waals surface area contributed by atoms with Crippen LogP contribution in [0.25, 0.3) is 0 Å². The van der Waals surface area contributed by atoms with Crippen molar-refractivity contribution in [3.63, 3.8) is 0 Å². The number of amides is 1. The van der Waals surface area contributed by atoms with E-state index < -0.39 is 0 Å². The monoisotopic (exact) mass is 283 g/mol. The van der Waals surface area contributed by atoms with Crippen LogP contribution in [0.1, 0.15) is 31.9 Å². The number of benzene rings is 1. The van der Waals surface area contributed by atoms with Crippen molar-refractivity contribution >= 4 is 31.2 Å². The van der Waals surface area contributed by atoms with Gasteiger partial charge in [0.1, 0.15) is 0 Å². The van der Waals surface area contributed by atoms with Gasteiger partial charge in [0, 0.05) is 5.75 Å². The lowest BCUT2D eigenvalue weighted by Gasteiger charge is -2.20. The predicted octanol–water partition coefficient (Wildman–Crippen LogP) is 3.12. The van der Waals surface area contributed by atoms with Gasteiger partial charge in [-0.05, 0) is 17.9 Å². The van der Waals surface area contributed by atoms with E-state index in [0.717, 1.165) is 12.0 Å². The van der Waals surface area contributed by atoms with Crippen LogP contribution in [-0.2, 0) is 4.79 Å². The van der Waals surface area contributed by atoms with Crippen molar-refractivity contribution in [1.29, 1.82) is 0 Å². The molecule has 0 aliphatic heterocycles. The first kappa shape index (κ1) is 15.4. The highest BCUT2D eigenvalue weighted by atomic mass is 32.1. The summed E-state index contributed by atoms with van der Waals surface area (Å²) in [5.74, 6) is 1.03. The molecule has 0 radical (unpaired) electrons. The van der Waals surface area contributed by atoms with E-state index in [-0.39, 0.29) is 17.2 Å². The molecule has 0 aromatic heterocycles. The number of nitrogens with one attached hydrogen (secondary N) is 1. The van der Waals surface area contributed by atoms with Crippen LogP contribution in [0.4, 0.5) is 0 Å². The number of rotatable bonds is 6. The maximum absolute atomic E-state index is 12.0. The molecule has 0 bridgehead atoms. The molecule has 0 aliphatic rings. The molecule has 4 heteroatoms. The van der Waals surface area contributed by atoms with Crippen molar-refractivity contribution in [3.05, 3.63) is 35.9 Å². The average Bonchev–Trinajstić information content (AvgIpc) is 2.35. The summed E-state index contributed by atoms with van der Waals surface area (Å²) in [7, 11) is 0. The summed E-state index contributed by atoms with van der Waals surface area (Å²) in [5, 5.41) is 2.74. The van der Waals surface area contributed by atoms with Gasteiger partial charge < -0.3 is 5.32 Å². The second kappa shape index (κ2) is 7.74. The van der Waals surface area contributed by atoms with E-state index in [4.69, 9.17) is 0 Å². The molecule has 1 rings (SSSR count). The smallest absolute Gasteiger partial charge is 0.233 e. The lowest BCUT2D eigenvalue weighted by atomic mass is 10.1. The van der Waals surface area contributed by atoms with Gasteiger partial charge in [0.05, 0.1) is 11.3 Å². The predicted molar refractivity (Wildman–Crippen MR) is 83.4 cm³/mol. The molecule has 1 aromatic carbocycles. The Morgan fingerprint density at radius 2 is 1.89 bits per heavy atom. The van der Waals surface area contributed by atoms with E-state index in [9.17, 15) is 4.79 Å². The molecule has 2 nitrogen and oxygen atoms in total. The Morgan fingerprint density at radius 1 is 1.28 bits per heavy atom. The quantitative estimate of drug-likeness (QED) is 0.688. The minimum absolute atomic E-state index is 0.0186. The van der Waals surface area contributed by atoms with E-state index >= 15 is 0 Å². The third-order valence-electron chi connectivity index (χ3n) is 2.70. The van der Waals surface area contributed by atoms with Gasteiger partial charge in [-0.1, -0.05) is 44.2 Å². The lowest BCUT2D eigenvalue weighted by molar-refractivity contribution is -0.121. The van der Waals surface area contributed by atoms with E-state index in [2.05, 4.69) is 44.4 Å². The zero-order valence-corrected chi connectivity index (χ0v) is 12.6. The Morgan fingerprint density at radius 3 is 2.39 bits per heavy atom. The first-order chi connectivity index (χ1) is 8.54. The standard InChI is InChI=1S/C14H21NOS2/c1-10(2)8-13(18)14(16)15-12(9-17)11-6-4-3-5-7-11/h3-7,10,12-13,17-18H,8-9H2,1-2H3,(H,15,16)/t12-,13+/m0/s1. The Kier molecular flexibility index (Phi) is 6.65. The number of hydrogen-bond donors (Lipinski definition) is 3. The summed E-state index contributed by atoms with van der Waals surface area (Å²) in [5.41, 5.74) is 1.07. The molecule has 18 heavy (non-hydrogen) atoms. The molecule has 0 unspecified atom stereocenters. The van der Waals surface area contributed by atoms with E-state index in [1.165, 1.54) is 0 Å². The molecule has 0 fully saturated rings. The molecular formula is C14H21NOS2. The highest BCUT2D eigenvalue weighted by Crippen LogP contribution is 2.16. The van der Waals surface area contributed by atoms with Crippen molar-refractivity contribution in [3.8, 4) is 0 Å². The minimum Gasteiger partial charge on any atom is -0.348 e. The maximum atomic E-state index is 12.0. The van der Waals surface area contributed by atoms with E-state index in [0.29, 0.717) is 11.7 Å². The van der Waals surface area contributed by atoms with Crippen LogP contribution in [0.3, 0.4) is 0 Å². The van der Waals surface area contributed by atoms with E-state index in [1.807, 2.05) is 30.3 Å². The summed E-state index contributed by atoms with van der Waals surface area (Å²) >= 11 is 8.65. The van der Waals surface area contributed by atoms with Crippen LogP contribution in [0, 0.1) is 5.92 Å². The molecule has 0 aliphatic carbocycles. The van der Waals surface area contributed by atoms with Crippen LogP contribution >= 0.6 is 25.3 Å². The highest BCUT2D eigenvalue weighted by molar-refractivity contribution is 7.81. The molecule has 100 valence electrons. The van der Waals surface area contributed by atoms with Crippen LogP contribution in [0.15, 0.2) is 30.3 Å². The summed E-state index contributed by atoms with van der Waals surface area (Å²) in [6.07, 6.45) is 0.781. The third kappa shape index (κ3) is 4.94. The molecule has 0 heterocycles. The van der Waals surface area contributed by atoms with Crippen molar-refractivity contribution in [1.82, 2.24) is 5.32 Å². The summed E-state index contributed by atoms with van der Waals surface area (Å²) in [4.78, 5) is 12.0. The summed E-state index contributed by atoms with van der Waals surface area (Å²) < 4.78 is 0. The lowest BCUT2D eigenvalue weighted by Crippen LogP contribution is -2.36. The molecule has 2 atom stereocenters. The van der Waals surface area contributed by atoms with Crippen LogP contribution in [0.5, 0.6) is 0 Å². The molecule has 1 N–H and O–H groups in total. The second-order valence-electron chi connectivity index (χ2n) is 4.80. The topological polar surface area (TPSA) is 29.1 Å². The highest BCUT2D eigenvalue weighted by Gasteiger charge is 2.19. The first-order valence-corrected chi connectivity index (χ1v) is 7.33. The largest absolute Gasteiger partial charge is 0.348 e. The third-order valence-corrected chi connectivity index (χ3v) is 3.51. The SMILES string of the molecule is CC(C)C[C@@H](S)C(=O)N[C@@H](CS)c1ccccc1. The van der Waals surface area contributed by atoms with Gasteiger partial charge in [0.25, 0.3) is 0 Å². The zero-order valence-electron chi connectivity index (χ0n) is 10.8. The summed E-state index contributed by atoms with van der Waals surface area (Å²) in [6.45, 7) is 4.17. The normalized spacial score (nSPS) is 14.3. The van der Waals surface area contributed by atoms with Crippen LogP contribution in [-0.4, -0.2) is 16.9 Å². The average molecular weight is 283 g/mol. The van der Waals surface area contributed by atoms with Gasteiger partial charge in [-0.25, -0.2) is 0 Å². The van der Waals surface area contributed by atoms with Gasteiger partial charge in [-0.3, -0.25) is 4.79 Å². The Labute approximate surface area is 120 Å². The Hall–Kier alpha value is -0.610. The van der Waals surface area contributed by atoms with Gasteiger partial charge >= 0.3 is 0 Å². The fourth-order valence-electron chi connectivity index (χ4n) is 1.74.